The van der Waals surface area contributed by atoms with Crippen LogP contribution in [0.1, 0.15) is 174 Å². The highest BCUT2D eigenvalue weighted by Gasteiger charge is 2.18. The maximum absolute atomic E-state index is 4.85. The highest BCUT2D eigenvalue weighted by molar-refractivity contribution is 5.02. The molecule has 1 aromatic heterocycles. The fraction of sp³-hybridized carbons (Fsp3) is 0.897. The summed E-state index contributed by atoms with van der Waals surface area (Å²) in [4.78, 5) is 4.85. The van der Waals surface area contributed by atoms with Crippen LogP contribution < -0.4 is 0 Å². The molecule has 0 aliphatic heterocycles. The molecule has 2 unspecified atom stereocenters. The van der Waals surface area contributed by atoms with Crippen molar-refractivity contribution in [2.24, 2.45) is 0 Å². The predicted molar refractivity (Wildman–Crippen MR) is 139 cm³/mol. The van der Waals surface area contributed by atoms with Crippen LogP contribution in [-0.2, 0) is 0 Å². The Morgan fingerprint density at radius 3 is 1.61 bits per heavy atom. The van der Waals surface area contributed by atoms with Gasteiger partial charge in [0.25, 0.3) is 0 Å². The van der Waals surface area contributed by atoms with E-state index in [-0.39, 0.29) is 0 Å². The van der Waals surface area contributed by atoms with Crippen LogP contribution in [0.4, 0.5) is 0 Å². The lowest BCUT2D eigenvalue weighted by molar-refractivity contribution is 0.419. The van der Waals surface area contributed by atoms with Gasteiger partial charge in [0.05, 0.1) is 0 Å². The lowest BCUT2D eigenvalue weighted by Gasteiger charge is -2.22. The van der Waals surface area contributed by atoms with Gasteiger partial charge in [0.15, 0.2) is 0 Å². The van der Waals surface area contributed by atoms with E-state index in [2.05, 4.69) is 44.7 Å². The first-order chi connectivity index (χ1) is 15.2. The minimum atomic E-state index is 0.593. The summed E-state index contributed by atoms with van der Waals surface area (Å²) < 4.78 is 2.52. The summed E-state index contributed by atoms with van der Waals surface area (Å²) in [6.07, 6.45) is 32.0. The molecule has 0 aliphatic carbocycles. The van der Waals surface area contributed by atoms with Gasteiger partial charge in [-0.15, -0.1) is 0 Å². The van der Waals surface area contributed by atoms with Crippen molar-refractivity contribution in [3.05, 3.63) is 18.2 Å². The molecule has 2 nitrogen and oxygen atoms in total. The summed E-state index contributed by atoms with van der Waals surface area (Å²) in [7, 11) is 0. The number of hydrogen-bond acceptors (Lipinski definition) is 1. The molecular weight excluding hydrogens is 376 g/mol. The Balaban J connectivity index is 2.33. The van der Waals surface area contributed by atoms with Crippen molar-refractivity contribution in [3.63, 3.8) is 0 Å². The highest BCUT2D eigenvalue weighted by Crippen LogP contribution is 2.29. The summed E-state index contributed by atoms with van der Waals surface area (Å²) in [5.74, 6) is 2.03. The smallest absolute Gasteiger partial charge is 0.111 e. The Morgan fingerprint density at radius 1 is 0.613 bits per heavy atom. The Morgan fingerprint density at radius 2 is 1.10 bits per heavy atom. The second-order valence-electron chi connectivity index (χ2n) is 10.1. The largest absolute Gasteiger partial charge is 0.332 e. The third kappa shape index (κ3) is 13.4. The van der Waals surface area contributed by atoms with Crippen molar-refractivity contribution in [2.75, 3.05) is 0 Å². The van der Waals surface area contributed by atoms with Crippen molar-refractivity contribution >= 4 is 0 Å². The van der Waals surface area contributed by atoms with Crippen LogP contribution in [0.3, 0.4) is 0 Å². The number of imidazole rings is 1. The molecule has 0 aromatic carbocycles. The van der Waals surface area contributed by atoms with Crippen LogP contribution >= 0.6 is 0 Å². The molecule has 0 aliphatic rings. The van der Waals surface area contributed by atoms with Crippen LogP contribution in [0.15, 0.2) is 12.4 Å². The normalized spacial score (nSPS) is 13.5. The lowest BCUT2D eigenvalue weighted by atomic mass is 9.94. The maximum Gasteiger partial charge on any atom is 0.111 e. The Labute approximate surface area is 196 Å². The van der Waals surface area contributed by atoms with Crippen LogP contribution in [0.25, 0.3) is 0 Å². The predicted octanol–water partition coefficient (Wildman–Crippen LogP) is 10.4. The zero-order chi connectivity index (χ0) is 22.6. The van der Waals surface area contributed by atoms with E-state index < -0.39 is 0 Å². The quantitative estimate of drug-likeness (QED) is 0.167. The summed E-state index contributed by atoms with van der Waals surface area (Å²) >= 11 is 0. The molecule has 0 saturated heterocycles. The molecule has 0 amide bonds. The van der Waals surface area contributed by atoms with Gasteiger partial charge < -0.3 is 4.57 Å². The van der Waals surface area contributed by atoms with E-state index in [0.29, 0.717) is 12.0 Å². The standard InChI is InChI=1S/C29H56N2/c1-5-8-10-12-14-15-17-19-21-24-28(22-7-3)29-30-25-26-31(29)27(4)23-20-18-16-13-11-9-6-2/h25-28H,5-24H2,1-4H3. The first-order valence-electron chi connectivity index (χ1n) is 14.3. The first kappa shape index (κ1) is 28.2. The Bertz CT molecular complexity index is 493. The van der Waals surface area contributed by atoms with Crippen molar-refractivity contribution < 1.29 is 0 Å². The average molecular weight is 433 g/mol. The van der Waals surface area contributed by atoms with Gasteiger partial charge in [0.1, 0.15) is 5.82 Å². The number of aromatic nitrogens is 2. The van der Waals surface area contributed by atoms with E-state index in [0.717, 1.165) is 0 Å². The molecule has 0 N–H and O–H groups in total. The van der Waals surface area contributed by atoms with Gasteiger partial charge in [-0.1, -0.05) is 130 Å². The summed E-state index contributed by atoms with van der Waals surface area (Å²) in [6.45, 7) is 9.34. The third-order valence-electron chi connectivity index (χ3n) is 7.06. The number of hydrogen-bond donors (Lipinski definition) is 0. The van der Waals surface area contributed by atoms with Gasteiger partial charge in [-0.25, -0.2) is 4.98 Å². The molecule has 1 aromatic rings. The van der Waals surface area contributed by atoms with E-state index in [1.54, 1.807) is 0 Å². The molecule has 1 rings (SSSR count). The molecule has 31 heavy (non-hydrogen) atoms. The van der Waals surface area contributed by atoms with Crippen molar-refractivity contribution in [3.8, 4) is 0 Å². The van der Waals surface area contributed by atoms with Gasteiger partial charge in [0, 0.05) is 24.4 Å². The Hall–Kier alpha value is -0.790. The van der Waals surface area contributed by atoms with E-state index in [1.807, 2.05) is 0 Å². The molecule has 0 fully saturated rings. The zero-order valence-corrected chi connectivity index (χ0v) is 21.8. The average Bonchev–Trinajstić information content (AvgIpc) is 3.26. The van der Waals surface area contributed by atoms with E-state index >= 15 is 0 Å². The number of rotatable bonds is 22. The van der Waals surface area contributed by atoms with Crippen LogP contribution in [0.2, 0.25) is 0 Å². The first-order valence-corrected chi connectivity index (χ1v) is 14.3. The summed E-state index contributed by atoms with van der Waals surface area (Å²) in [5.41, 5.74) is 0. The Kier molecular flexibility index (Phi) is 18.1. The SMILES string of the molecule is CCCCCCCCCCCC(CCC)c1nccn1C(C)CCCCCCCCC. The molecule has 0 radical (unpaired) electrons. The molecule has 1 heterocycles. The van der Waals surface area contributed by atoms with Gasteiger partial charge in [-0.05, 0) is 26.2 Å². The van der Waals surface area contributed by atoms with E-state index in [9.17, 15) is 0 Å². The topological polar surface area (TPSA) is 17.8 Å². The molecule has 0 bridgehead atoms. The molecule has 2 heteroatoms. The molecule has 0 saturated carbocycles. The molecule has 2 atom stereocenters. The minimum Gasteiger partial charge on any atom is -0.332 e. The monoisotopic (exact) mass is 432 g/mol. The van der Waals surface area contributed by atoms with Crippen LogP contribution in [-0.4, -0.2) is 9.55 Å². The number of unbranched alkanes of at least 4 members (excludes halogenated alkanes) is 14. The summed E-state index contributed by atoms with van der Waals surface area (Å²) in [5, 5.41) is 0. The van der Waals surface area contributed by atoms with Crippen LogP contribution in [0.5, 0.6) is 0 Å². The fourth-order valence-corrected chi connectivity index (χ4v) is 5.00. The minimum absolute atomic E-state index is 0.593. The lowest BCUT2D eigenvalue weighted by Crippen LogP contribution is -2.13. The molecule has 182 valence electrons. The van der Waals surface area contributed by atoms with Crippen molar-refractivity contribution in [2.45, 2.75) is 168 Å². The van der Waals surface area contributed by atoms with Gasteiger partial charge in [-0.2, -0.15) is 0 Å². The summed E-state index contributed by atoms with van der Waals surface area (Å²) in [6, 6.07) is 0.593. The second-order valence-corrected chi connectivity index (χ2v) is 10.1. The van der Waals surface area contributed by atoms with Gasteiger partial charge in [-0.3, -0.25) is 0 Å². The molecule has 0 spiro atoms. The zero-order valence-electron chi connectivity index (χ0n) is 21.8. The van der Waals surface area contributed by atoms with Crippen LogP contribution in [0, 0.1) is 0 Å². The van der Waals surface area contributed by atoms with Crippen molar-refractivity contribution in [1.29, 1.82) is 0 Å². The second kappa shape index (κ2) is 19.9. The maximum atomic E-state index is 4.85. The van der Waals surface area contributed by atoms with Crippen molar-refractivity contribution in [1.82, 2.24) is 9.55 Å². The third-order valence-corrected chi connectivity index (χ3v) is 7.06. The van der Waals surface area contributed by atoms with Gasteiger partial charge >= 0.3 is 0 Å². The highest BCUT2D eigenvalue weighted by atomic mass is 15.1. The molecular formula is C29H56N2. The van der Waals surface area contributed by atoms with Gasteiger partial charge in [0.2, 0.25) is 0 Å². The fourth-order valence-electron chi connectivity index (χ4n) is 5.00. The number of nitrogens with zero attached hydrogens (tertiary/aromatic N) is 2. The van der Waals surface area contributed by atoms with E-state index in [4.69, 9.17) is 4.98 Å². The van der Waals surface area contributed by atoms with E-state index in [1.165, 1.54) is 134 Å².